The molecule has 0 amide bonds. The molecule has 71 heavy (non-hydrogen) atoms. The normalized spacial score (nSPS) is 12.1. The first-order valence-electron chi connectivity index (χ1n) is 22.7. The van der Waals surface area contributed by atoms with Gasteiger partial charge in [0.25, 0.3) is 0 Å². The van der Waals surface area contributed by atoms with Crippen molar-refractivity contribution in [2.24, 2.45) is 0 Å². The molecule has 0 heterocycles. The molecule has 0 fully saturated rings. The van der Waals surface area contributed by atoms with Gasteiger partial charge < -0.3 is 4.90 Å². The predicted octanol–water partition coefficient (Wildman–Crippen LogP) is 12.9. The molecule has 0 saturated heterocycles. The van der Waals surface area contributed by atoms with Crippen LogP contribution >= 0.6 is 0 Å². The number of hydrogen-bond donors (Lipinski definition) is 1. The first-order chi connectivity index (χ1) is 33.5. The summed E-state index contributed by atoms with van der Waals surface area (Å²) in [5, 5.41) is 0. The highest BCUT2D eigenvalue weighted by Gasteiger charge is 2.52. The summed E-state index contributed by atoms with van der Waals surface area (Å²) < 4.78 is 294. The molecule has 5 aromatic carbocycles. The lowest BCUT2D eigenvalue weighted by atomic mass is 9.12. The molecule has 1 unspecified atom stereocenters. The summed E-state index contributed by atoms with van der Waals surface area (Å²) in [6.45, 7) is 3.56. The van der Waals surface area contributed by atoms with E-state index >= 15 is 35.1 Å². The highest BCUT2D eigenvalue weighted by atomic mass is 19.2. The van der Waals surface area contributed by atoms with Crippen molar-refractivity contribution in [2.75, 3.05) is 13.6 Å². The van der Waals surface area contributed by atoms with E-state index < -0.39 is 144 Å². The second kappa shape index (κ2) is 25.9. The molecule has 5 aromatic rings. The van der Waals surface area contributed by atoms with Crippen molar-refractivity contribution in [1.82, 2.24) is 0 Å². The van der Waals surface area contributed by atoms with Crippen LogP contribution in [0.5, 0.6) is 0 Å². The van der Waals surface area contributed by atoms with Crippen molar-refractivity contribution in [1.29, 1.82) is 0 Å². The molecule has 0 aliphatic rings. The number of rotatable bonds is 22. The largest absolute Gasteiger partial charge is 0.305 e. The van der Waals surface area contributed by atoms with Gasteiger partial charge in [-0.3, -0.25) is 0 Å². The van der Waals surface area contributed by atoms with Crippen LogP contribution < -0.4 is 26.8 Å². The third kappa shape index (κ3) is 12.2. The Kier molecular flexibility index (Phi) is 21.3. The number of nitrogens with one attached hydrogen (secondary N) is 1. The van der Waals surface area contributed by atoms with E-state index in [1.54, 1.807) is 4.90 Å². The Bertz CT molecular complexity index is 2240. The summed E-state index contributed by atoms with van der Waals surface area (Å²) in [7, 11) is 2.29. The molecule has 0 saturated carbocycles. The molecule has 0 aromatic heterocycles. The van der Waals surface area contributed by atoms with E-state index in [-0.39, 0.29) is 0 Å². The maximum Gasteiger partial charge on any atom is 0.200 e. The first kappa shape index (κ1) is 58.3. The number of para-hydroxylation sites is 1. The molecule has 0 spiro atoms. The average Bonchev–Trinajstić information content (AvgIpc) is 3.36. The summed E-state index contributed by atoms with van der Waals surface area (Å²) in [5.41, 5.74) is -12.9. The molecular weight excluding hydrogens is 993 g/mol. The third-order valence-electron chi connectivity index (χ3n) is 12.4. The van der Waals surface area contributed by atoms with Crippen LogP contribution in [0, 0.1) is 116 Å². The van der Waals surface area contributed by atoms with E-state index in [0.29, 0.717) is 0 Å². The van der Waals surface area contributed by atoms with Crippen LogP contribution in [0.4, 0.5) is 93.5 Å². The monoisotopic (exact) mass is 1040 g/mol. The van der Waals surface area contributed by atoms with Crippen LogP contribution in [0.2, 0.25) is 0 Å². The van der Waals surface area contributed by atoms with Gasteiger partial charge in [-0.1, -0.05) is 115 Å². The molecule has 0 aliphatic heterocycles. The molecule has 1 atom stereocenters. The Morgan fingerprint density at radius 3 is 0.704 bits per heavy atom. The van der Waals surface area contributed by atoms with E-state index in [1.807, 2.05) is 0 Å². The van der Waals surface area contributed by atoms with Crippen molar-refractivity contribution >= 4 is 33.7 Å². The summed E-state index contributed by atoms with van der Waals surface area (Å²) in [5.74, 6) is -71.4. The van der Waals surface area contributed by atoms with Gasteiger partial charge in [-0.25, -0.2) is 87.8 Å². The molecule has 0 aliphatic carbocycles. The lowest BCUT2D eigenvalue weighted by Gasteiger charge is -2.44. The molecule has 22 heteroatoms. The summed E-state index contributed by atoms with van der Waals surface area (Å²) in [6, 6.07) is 10.9. The van der Waals surface area contributed by atoms with Crippen molar-refractivity contribution in [3.8, 4) is 0 Å². The van der Waals surface area contributed by atoms with Crippen LogP contribution in [0.15, 0.2) is 30.3 Å². The molecule has 0 bridgehead atoms. The Morgan fingerprint density at radius 2 is 0.479 bits per heavy atom. The first-order valence-corrected chi connectivity index (χ1v) is 22.7. The minimum Gasteiger partial charge on any atom is -0.305 e. The van der Waals surface area contributed by atoms with Gasteiger partial charge in [0.2, 0.25) is 0 Å². The second-order valence-corrected chi connectivity index (χ2v) is 17.0. The third-order valence-corrected chi connectivity index (χ3v) is 12.4. The quantitative estimate of drug-likeness (QED) is 0.0232. The second-order valence-electron chi connectivity index (χ2n) is 17.0. The summed E-state index contributed by atoms with van der Waals surface area (Å²) in [4.78, 5) is 1.55. The number of benzene rings is 5. The van der Waals surface area contributed by atoms with Gasteiger partial charge in [0.15, 0.2) is 69.8 Å². The van der Waals surface area contributed by atoms with Gasteiger partial charge in [0.05, 0.1) is 13.6 Å². The van der Waals surface area contributed by atoms with Gasteiger partial charge in [0.1, 0.15) is 58.4 Å². The predicted molar refractivity (Wildman–Crippen MR) is 227 cm³/mol. The van der Waals surface area contributed by atoms with E-state index in [2.05, 4.69) is 44.3 Å². The molecule has 5 rings (SSSR count). The van der Waals surface area contributed by atoms with Crippen molar-refractivity contribution in [3.05, 3.63) is 147 Å². The molecule has 1 N–H and O–H groups in total. The van der Waals surface area contributed by atoms with E-state index in [4.69, 9.17) is 0 Å². The number of quaternary nitrogens is 1. The zero-order chi connectivity index (χ0) is 53.1. The zero-order valence-corrected chi connectivity index (χ0v) is 38.0. The Labute approximate surface area is 395 Å². The van der Waals surface area contributed by atoms with Crippen LogP contribution in [-0.4, -0.2) is 19.7 Å². The highest BCUT2D eigenvalue weighted by Crippen LogP contribution is 2.31. The highest BCUT2D eigenvalue weighted by molar-refractivity contribution is 7.20. The zero-order valence-electron chi connectivity index (χ0n) is 38.0. The SMILES string of the molecule is CCCCCCCCCCCCCCCCCC[NH+](C)c1ccccc1.Fc1c(F)c(F)c([B-](c2c(F)c(F)c(F)c(F)c2F)(c2c(F)c(F)c(F)c(F)c2F)c2c(F)c(F)c(F)c(F)c2F)c(F)c1F. The number of unbranched alkanes of at least 4 members (excludes halogenated alkanes) is 15. The summed E-state index contributed by atoms with van der Waals surface area (Å²) in [6.07, 6.45) is 15.9. The maximum atomic E-state index is 15.4. The molecule has 1 nitrogen and oxygen atoms in total. The molecular formula is C49H46BF20N. The van der Waals surface area contributed by atoms with Crippen LogP contribution in [-0.2, 0) is 0 Å². The minimum absolute atomic E-state index is 1.27. The van der Waals surface area contributed by atoms with E-state index in [1.165, 1.54) is 115 Å². The maximum absolute atomic E-state index is 15.4. The lowest BCUT2D eigenvalue weighted by molar-refractivity contribution is -0.810. The van der Waals surface area contributed by atoms with Crippen LogP contribution in [0.3, 0.4) is 0 Å². The van der Waals surface area contributed by atoms with Crippen molar-refractivity contribution in [2.45, 2.75) is 110 Å². The molecule has 390 valence electrons. The van der Waals surface area contributed by atoms with Crippen molar-refractivity contribution < 1.29 is 92.7 Å². The van der Waals surface area contributed by atoms with Crippen LogP contribution in [0.25, 0.3) is 0 Å². The van der Waals surface area contributed by atoms with E-state index in [9.17, 15) is 52.7 Å². The van der Waals surface area contributed by atoms with Gasteiger partial charge in [-0.15, -0.1) is 21.9 Å². The lowest BCUT2D eigenvalue weighted by Crippen LogP contribution is -3.03. The fraction of sp³-hybridized carbons (Fsp3) is 0.388. The fourth-order valence-electron chi connectivity index (χ4n) is 8.68. The van der Waals surface area contributed by atoms with E-state index in [0.717, 1.165) is 0 Å². The summed E-state index contributed by atoms with van der Waals surface area (Å²) >= 11 is 0. The Morgan fingerprint density at radius 1 is 0.282 bits per heavy atom. The van der Waals surface area contributed by atoms with Gasteiger partial charge in [-0.2, -0.15) is 0 Å². The van der Waals surface area contributed by atoms with Gasteiger partial charge in [-0.05, 0) is 25.0 Å². The smallest absolute Gasteiger partial charge is 0.200 e. The standard InChI is InChI=1S/C25H45N.C24BF20/c1-3-4-5-6-7-8-9-10-11-12-13-14-15-16-17-21-24-26(2)25-22-19-18-20-23-25;26-5-1(6(27)14(35)21(42)13(5)34)25(2-7(28)15(36)22(43)16(37)8(2)29,3-9(30)17(38)23(44)18(39)10(3)31)4-11(32)19(40)24(45)20(41)12(4)33/h18-20,22-23H,3-17,21,24H2,1-2H3;/q;-1/p+1. The van der Waals surface area contributed by atoms with Gasteiger partial charge >= 0.3 is 0 Å². The van der Waals surface area contributed by atoms with Crippen molar-refractivity contribution in [3.63, 3.8) is 0 Å². The number of halogens is 20. The Balaban J connectivity index is 0.000000359. The number of hydrogen-bond acceptors (Lipinski definition) is 0. The van der Waals surface area contributed by atoms with Gasteiger partial charge in [0, 0.05) is 0 Å². The Hall–Kier alpha value is -5.28. The topological polar surface area (TPSA) is 4.44 Å². The molecule has 0 radical (unpaired) electrons. The average molecular weight is 1040 g/mol. The van der Waals surface area contributed by atoms with Crippen LogP contribution in [0.1, 0.15) is 110 Å². The fourth-order valence-corrected chi connectivity index (χ4v) is 8.68. The minimum atomic E-state index is -7.22.